The molecule has 2 rings (SSSR count). The molecule has 1 aromatic carbocycles. The largest absolute Gasteiger partial charge is 0.494 e. The van der Waals surface area contributed by atoms with Crippen molar-refractivity contribution in [3.05, 3.63) is 30.1 Å². The molecule has 0 aliphatic heterocycles. The minimum absolute atomic E-state index is 0.0247. The van der Waals surface area contributed by atoms with Crippen LogP contribution >= 0.6 is 0 Å². The van der Waals surface area contributed by atoms with Gasteiger partial charge in [0.25, 0.3) is 0 Å². The molecule has 1 saturated carbocycles. The number of hydrogen-bond donors (Lipinski definition) is 1. The number of ether oxygens (including phenoxy) is 1. The molecular formula is C17H22FNO4. The van der Waals surface area contributed by atoms with Gasteiger partial charge in [-0.3, -0.25) is 9.59 Å². The third-order valence-electron chi connectivity index (χ3n) is 3.82. The average Bonchev–Trinajstić information content (AvgIpc) is 3.35. The number of amides is 1. The van der Waals surface area contributed by atoms with Gasteiger partial charge in [0.2, 0.25) is 5.91 Å². The topological polar surface area (TPSA) is 66.8 Å². The van der Waals surface area contributed by atoms with Gasteiger partial charge in [0.15, 0.2) is 0 Å². The van der Waals surface area contributed by atoms with Gasteiger partial charge in [0.05, 0.1) is 12.5 Å². The van der Waals surface area contributed by atoms with Crippen molar-refractivity contribution in [3.8, 4) is 5.75 Å². The summed E-state index contributed by atoms with van der Waals surface area (Å²) in [6.07, 6.45) is 2.76. The van der Waals surface area contributed by atoms with Gasteiger partial charge in [-0.15, -0.1) is 0 Å². The minimum Gasteiger partial charge on any atom is -0.494 e. The third-order valence-corrected chi connectivity index (χ3v) is 3.82. The number of hydrogen-bond acceptors (Lipinski definition) is 3. The molecule has 1 N–H and O–H groups in total. The molecule has 0 heterocycles. The van der Waals surface area contributed by atoms with Gasteiger partial charge in [-0.25, -0.2) is 4.39 Å². The summed E-state index contributed by atoms with van der Waals surface area (Å²) in [4.78, 5) is 24.9. The molecule has 5 nitrogen and oxygen atoms in total. The minimum atomic E-state index is -0.886. The van der Waals surface area contributed by atoms with E-state index in [1.165, 1.54) is 12.1 Å². The van der Waals surface area contributed by atoms with Crippen molar-refractivity contribution in [2.45, 2.75) is 38.6 Å². The van der Waals surface area contributed by atoms with Gasteiger partial charge in [-0.1, -0.05) is 6.92 Å². The van der Waals surface area contributed by atoms with E-state index in [4.69, 9.17) is 9.84 Å². The van der Waals surface area contributed by atoms with E-state index in [1.807, 2.05) is 0 Å². The second-order valence-electron chi connectivity index (χ2n) is 5.92. The monoisotopic (exact) mass is 323 g/mol. The molecule has 0 radical (unpaired) electrons. The van der Waals surface area contributed by atoms with Crippen LogP contribution in [0.15, 0.2) is 24.3 Å². The smallest absolute Gasteiger partial charge is 0.308 e. The van der Waals surface area contributed by atoms with Gasteiger partial charge in [0.1, 0.15) is 11.6 Å². The molecule has 0 spiro atoms. The Hall–Kier alpha value is -2.11. The lowest BCUT2D eigenvalue weighted by atomic mass is 10.1. The number of halogens is 1. The van der Waals surface area contributed by atoms with Gasteiger partial charge in [-0.05, 0) is 43.5 Å². The van der Waals surface area contributed by atoms with Crippen LogP contribution in [-0.4, -0.2) is 41.1 Å². The molecule has 0 bridgehead atoms. The lowest BCUT2D eigenvalue weighted by Gasteiger charge is -2.24. The van der Waals surface area contributed by atoms with Crippen LogP contribution in [0.25, 0.3) is 0 Å². The lowest BCUT2D eigenvalue weighted by Crippen LogP contribution is -2.38. The number of benzene rings is 1. The number of rotatable bonds is 9. The Bertz CT molecular complexity index is 542. The third kappa shape index (κ3) is 5.54. The first kappa shape index (κ1) is 17.2. The maximum Gasteiger partial charge on any atom is 0.308 e. The number of carboxylic acid groups (broad SMARTS) is 1. The predicted molar refractivity (Wildman–Crippen MR) is 82.7 cm³/mol. The van der Waals surface area contributed by atoms with Crippen LogP contribution in [-0.2, 0) is 9.59 Å². The fourth-order valence-corrected chi connectivity index (χ4v) is 2.30. The number of carbonyl (C=O) groups excluding carboxylic acids is 1. The molecule has 1 fully saturated rings. The van der Waals surface area contributed by atoms with Crippen molar-refractivity contribution in [1.82, 2.24) is 4.90 Å². The summed E-state index contributed by atoms with van der Waals surface area (Å²) < 4.78 is 18.2. The van der Waals surface area contributed by atoms with E-state index in [0.717, 1.165) is 12.8 Å². The molecule has 1 atom stereocenters. The fraction of sp³-hybridized carbons (Fsp3) is 0.529. The summed E-state index contributed by atoms with van der Waals surface area (Å²) in [6.45, 7) is 2.24. The lowest BCUT2D eigenvalue weighted by molar-refractivity contribution is -0.143. The van der Waals surface area contributed by atoms with Crippen LogP contribution in [0.2, 0.25) is 0 Å². The molecule has 0 aromatic heterocycles. The summed E-state index contributed by atoms with van der Waals surface area (Å²) in [5, 5.41) is 8.99. The van der Waals surface area contributed by atoms with Crippen LogP contribution in [0.1, 0.15) is 32.6 Å². The van der Waals surface area contributed by atoms with Crippen LogP contribution in [0, 0.1) is 11.7 Å². The predicted octanol–water partition coefficient (Wildman–Crippen LogP) is 2.70. The summed E-state index contributed by atoms with van der Waals surface area (Å²) in [6, 6.07) is 5.93. The number of carbonyl (C=O) groups is 2. The van der Waals surface area contributed by atoms with Crippen molar-refractivity contribution in [2.75, 3.05) is 13.2 Å². The van der Waals surface area contributed by atoms with Crippen molar-refractivity contribution >= 4 is 11.9 Å². The normalized spacial score (nSPS) is 15.0. The highest BCUT2D eigenvalue weighted by atomic mass is 19.1. The highest BCUT2D eigenvalue weighted by Crippen LogP contribution is 2.28. The van der Waals surface area contributed by atoms with Crippen molar-refractivity contribution in [2.24, 2.45) is 5.92 Å². The standard InChI is InChI=1S/C17H22FNO4/c1-12(17(21)22)11-19(14-6-7-14)16(20)3-2-10-23-15-8-4-13(18)5-9-15/h4-5,8-9,12,14H,2-3,6-7,10-11H2,1H3,(H,21,22). The van der Waals surface area contributed by atoms with Gasteiger partial charge in [0, 0.05) is 19.0 Å². The molecule has 126 valence electrons. The molecule has 23 heavy (non-hydrogen) atoms. The van der Waals surface area contributed by atoms with Crippen molar-refractivity contribution in [1.29, 1.82) is 0 Å². The number of aliphatic carboxylic acids is 1. The summed E-state index contributed by atoms with van der Waals surface area (Å²) >= 11 is 0. The first-order chi connectivity index (χ1) is 11.0. The zero-order valence-electron chi connectivity index (χ0n) is 13.2. The second kappa shape index (κ2) is 7.94. The van der Waals surface area contributed by atoms with E-state index >= 15 is 0 Å². The van der Waals surface area contributed by atoms with E-state index in [1.54, 1.807) is 24.0 Å². The van der Waals surface area contributed by atoms with Gasteiger partial charge in [-0.2, -0.15) is 0 Å². The Morgan fingerprint density at radius 3 is 2.57 bits per heavy atom. The van der Waals surface area contributed by atoms with Crippen LogP contribution in [0.4, 0.5) is 4.39 Å². The highest BCUT2D eigenvalue weighted by Gasteiger charge is 2.33. The Morgan fingerprint density at radius 1 is 1.35 bits per heavy atom. The van der Waals surface area contributed by atoms with E-state index in [9.17, 15) is 14.0 Å². The van der Waals surface area contributed by atoms with E-state index in [2.05, 4.69) is 0 Å². The van der Waals surface area contributed by atoms with Crippen LogP contribution in [0.3, 0.4) is 0 Å². The maximum absolute atomic E-state index is 12.8. The average molecular weight is 323 g/mol. The fourth-order valence-electron chi connectivity index (χ4n) is 2.30. The summed E-state index contributed by atoms with van der Waals surface area (Å²) in [5.41, 5.74) is 0. The second-order valence-corrected chi connectivity index (χ2v) is 5.92. The number of carboxylic acids is 1. The zero-order chi connectivity index (χ0) is 16.8. The molecule has 1 aliphatic rings. The van der Waals surface area contributed by atoms with E-state index < -0.39 is 11.9 Å². The summed E-state index contributed by atoms with van der Waals surface area (Å²) in [5.74, 6) is -1.22. The van der Waals surface area contributed by atoms with Crippen LogP contribution < -0.4 is 4.74 Å². The van der Waals surface area contributed by atoms with E-state index in [-0.39, 0.29) is 24.3 Å². The van der Waals surface area contributed by atoms with Gasteiger partial charge >= 0.3 is 5.97 Å². The Kier molecular flexibility index (Phi) is 5.96. The molecule has 1 unspecified atom stereocenters. The zero-order valence-corrected chi connectivity index (χ0v) is 13.2. The maximum atomic E-state index is 12.8. The molecule has 0 saturated heterocycles. The molecular weight excluding hydrogens is 301 g/mol. The molecule has 6 heteroatoms. The molecule has 1 amide bonds. The van der Waals surface area contributed by atoms with Crippen LogP contribution in [0.5, 0.6) is 5.75 Å². The van der Waals surface area contributed by atoms with Crippen molar-refractivity contribution < 1.29 is 23.8 Å². The Morgan fingerprint density at radius 2 is 2.00 bits per heavy atom. The summed E-state index contributed by atoms with van der Waals surface area (Å²) in [7, 11) is 0. The first-order valence-corrected chi connectivity index (χ1v) is 7.88. The van der Waals surface area contributed by atoms with Crippen molar-refractivity contribution in [3.63, 3.8) is 0 Å². The molecule has 1 aromatic rings. The quantitative estimate of drug-likeness (QED) is 0.710. The number of nitrogens with zero attached hydrogens (tertiary/aromatic N) is 1. The Labute approximate surface area is 135 Å². The van der Waals surface area contributed by atoms with E-state index in [0.29, 0.717) is 25.2 Å². The first-order valence-electron chi connectivity index (χ1n) is 7.88. The van der Waals surface area contributed by atoms with Gasteiger partial charge < -0.3 is 14.7 Å². The molecule has 1 aliphatic carbocycles. The Balaban J connectivity index is 1.73. The highest BCUT2D eigenvalue weighted by molar-refractivity contribution is 5.78. The SMILES string of the molecule is CC(CN(C(=O)CCCOc1ccc(F)cc1)C1CC1)C(=O)O.